The van der Waals surface area contributed by atoms with Crippen LogP contribution in [0.3, 0.4) is 0 Å². The van der Waals surface area contributed by atoms with E-state index in [0.717, 1.165) is 40.1 Å². The van der Waals surface area contributed by atoms with Gasteiger partial charge in [-0.15, -0.1) is 0 Å². The van der Waals surface area contributed by atoms with Gasteiger partial charge in [0.25, 0.3) is 0 Å². The number of benzene rings is 2. The van der Waals surface area contributed by atoms with E-state index in [4.69, 9.17) is 15.2 Å². The second kappa shape index (κ2) is 6.08. The van der Waals surface area contributed by atoms with Crippen LogP contribution in [0.2, 0.25) is 0 Å². The molecule has 1 aliphatic rings. The number of fused-ring (bicyclic) bond motifs is 1. The average Bonchev–Trinajstić information content (AvgIpc) is 2.95. The zero-order valence-electron chi connectivity index (χ0n) is 11.9. The molecule has 0 amide bonds. The van der Waals surface area contributed by atoms with Crippen LogP contribution in [0.15, 0.2) is 40.9 Å². The van der Waals surface area contributed by atoms with Crippen molar-refractivity contribution in [3.8, 4) is 11.5 Å². The highest BCUT2D eigenvalue weighted by atomic mass is 79.9. The van der Waals surface area contributed by atoms with Crippen molar-refractivity contribution >= 4 is 15.9 Å². The Morgan fingerprint density at radius 3 is 2.76 bits per heavy atom. The summed E-state index contributed by atoms with van der Waals surface area (Å²) in [5.74, 6) is 1.81. The molecule has 0 fully saturated rings. The number of hydrogen-bond acceptors (Lipinski definition) is 3. The molecule has 4 heteroatoms. The van der Waals surface area contributed by atoms with Crippen molar-refractivity contribution in [1.82, 2.24) is 0 Å². The molecule has 1 heterocycles. The van der Waals surface area contributed by atoms with Crippen LogP contribution in [0.25, 0.3) is 0 Å². The smallest absolute Gasteiger partial charge is 0.127 e. The van der Waals surface area contributed by atoms with Gasteiger partial charge in [0.15, 0.2) is 0 Å². The molecule has 0 aromatic heterocycles. The molecule has 110 valence electrons. The lowest BCUT2D eigenvalue weighted by molar-refractivity contribution is 0.340. The molecule has 3 rings (SSSR count). The van der Waals surface area contributed by atoms with Gasteiger partial charge in [-0.05, 0) is 42.3 Å². The van der Waals surface area contributed by atoms with Crippen molar-refractivity contribution < 1.29 is 9.47 Å². The van der Waals surface area contributed by atoms with Crippen LogP contribution in [0.5, 0.6) is 11.5 Å². The molecule has 2 N–H and O–H groups in total. The Bertz CT molecular complexity index is 640. The molecule has 0 spiro atoms. The molecular formula is C17H18BrNO2. The SMILES string of the molecule is CCOc1ccc(C(N)c2cc(Br)cc3c2OCC3)cc1. The van der Waals surface area contributed by atoms with Crippen LogP contribution in [0.4, 0.5) is 0 Å². The fourth-order valence-electron chi connectivity index (χ4n) is 2.65. The highest BCUT2D eigenvalue weighted by molar-refractivity contribution is 9.10. The second-order valence-electron chi connectivity index (χ2n) is 5.06. The van der Waals surface area contributed by atoms with Crippen molar-refractivity contribution in [2.45, 2.75) is 19.4 Å². The highest BCUT2D eigenvalue weighted by Gasteiger charge is 2.22. The predicted molar refractivity (Wildman–Crippen MR) is 87.0 cm³/mol. The van der Waals surface area contributed by atoms with Crippen molar-refractivity contribution in [2.24, 2.45) is 5.73 Å². The van der Waals surface area contributed by atoms with Gasteiger partial charge in [0.05, 0.1) is 19.3 Å². The summed E-state index contributed by atoms with van der Waals surface area (Å²) in [6.07, 6.45) is 0.942. The molecule has 1 aliphatic heterocycles. The normalized spacial score (nSPS) is 14.4. The molecule has 0 bridgehead atoms. The molecule has 0 radical (unpaired) electrons. The Hall–Kier alpha value is -1.52. The maximum absolute atomic E-state index is 6.44. The third kappa shape index (κ3) is 2.92. The van der Waals surface area contributed by atoms with E-state index in [-0.39, 0.29) is 6.04 Å². The van der Waals surface area contributed by atoms with Crippen LogP contribution < -0.4 is 15.2 Å². The largest absolute Gasteiger partial charge is 0.494 e. The first-order valence-electron chi connectivity index (χ1n) is 7.12. The summed E-state index contributed by atoms with van der Waals surface area (Å²) in [5, 5.41) is 0. The van der Waals surface area contributed by atoms with Crippen LogP contribution >= 0.6 is 15.9 Å². The summed E-state index contributed by atoms with van der Waals surface area (Å²) in [7, 11) is 0. The Balaban J connectivity index is 1.93. The van der Waals surface area contributed by atoms with Crippen molar-refractivity contribution in [2.75, 3.05) is 13.2 Å². The standard InChI is InChI=1S/C17H18BrNO2/c1-2-20-14-5-3-11(4-6-14)16(19)15-10-13(18)9-12-7-8-21-17(12)15/h3-6,9-10,16H,2,7-8,19H2,1H3. The quantitative estimate of drug-likeness (QED) is 0.913. The van der Waals surface area contributed by atoms with Crippen LogP contribution in [0, 0.1) is 0 Å². The lowest BCUT2D eigenvalue weighted by Gasteiger charge is -2.17. The van der Waals surface area contributed by atoms with Gasteiger partial charge in [-0.3, -0.25) is 0 Å². The minimum Gasteiger partial charge on any atom is -0.494 e. The summed E-state index contributed by atoms with van der Waals surface area (Å²) < 4.78 is 12.3. The molecule has 1 unspecified atom stereocenters. The zero-order valence-corrected chi connectivity index (χ0v) is 13.5. The molecule has 0 saturated carbocycles. The zero-order chi connectivity index (χ0) is 14.8. The third-order valence-corrected chi connectivity index (χ3v) is 4.12. The van der Waals surface area contributed by atoms with E-state index in [2.05, 4.69) is 22.0 Å². The number of hydrogen-bond donors (Lipinski definition) is 1. The van der Waals surface area contributed by atoms with Crippen molar-refractivity contribution in [1.29, 1.82) is 0 Å². The van der Waals surface area contributed by atoms with Crippen LogP contribution in [-0.4, -0.2) is 13.2 Å². The third-order valence-electron chi connectivity index (χ3n) is 3.66. The Morgan fingerprint density at radius 2 is 2.05 bits per heavy atom. The molecule has 2 aromatic rings. The second-order valence-corrected chi connectivity index (χ2v) is 5.98. The monoisotopic (exact) mass is 347 g/mol. The summed E-state index contributed by atoms with van der Waals surface area (Å²) in [6.45, 7) is 3.37. The molecule has 0 aliphatic carbocycles. The summed E-state index contributed by atoms with van der Waals surface area (Å²) in [5.41, 5.74) is 9.74. The Morgan fingerprint density at radius 1 is 1.29 bits per heavy atom. The van der Waals surface area contributed by atoms with E-state index in [0.29, 0.717) is 6.61 Å². The van der Waals surface area contributed by atoms with Gasteiger partial charge in [0, 0.05) is 16.5 Å². The fraction of sp³-hybridized carbons (Fsp3) is 0.294. The number of nitrogens with two attached hydrogens (primary N) is 1. The minimum atomic E-state index is -0.204. The maximum atomic E-state index is 6.44. The fourth-order valence-corrected chi connectivity index (χ4v) is 3.17. The first kappa shape index (κ1) is 14.4. The average molecular weight is 348 g/mol. The number of ether oxygens (including phenoxy) is 2. The van der Waals surface area contributed by atoms with Crippen LogP contribution in [-0.2, 0) is 6.42 Å². The van der Waals surface area contributed by atoms with Crippen LogP contribution in [0.1, 0.15) is 29.7 Å². The van der Waals surface area contributed by atoms with Gasteiger partial charge in [-0.2, -0.15) is 0 Å². The van der Waals surface area contributed by atoms with Gasteiger partial charge in [-0.25, -0.2) is 0 Å². The van der Waals surface area contributed by atoms with E-state index in [1.165, 1.54) is 5.56 Å². The first-order chi connectivity index (χ1) is 10.2. The van der Waals surface area contributed by atoms with Gasteiger partial charge in [0.2, 0.25) is 0 Å². The maximum Gasteiger partial charge on any atom is 0.127 e. The number of rotatable bonds is 4. The van der Waals surface area contributed by atoms with Gasteiger partial charge in [-0.1, -0.05) is 28.1 Å². The van der Waals surface area contributed by atoms with E-state index in [1.54, 1.807) is 0 Å². The Labute approximate surface area is 133 Å². The molecule has 21 heavy (non-hydrogen) atoms. The van der Waals surface area contributed by atoms with Gasteiger partial charge < -0.3 is 15.2 Å². The van der Waals surface area contributed by atoms with Gasteiger partial charge in [0.1, 0.15) is 11.5 Å². The summed E-state index contributed by atoms with van der Waals surface area (Å²) >= 11 is 3.56. The molecule has 1 atom stereocenters. The lowest BCUT2D eigenvalue weighted by Crippen LogP contribution is -2.13. The van der Waals surface area contributed by atoms with Crippen molar-refractivity contribution in [3.05, 3.63) is 57.6 Å². The molecule has 3 nitrogen and oxygen atoms in total. The summed E-state index contributed by atoms with van der Waals surface area (Å²) in [6, 6.07) is 11.9. The Kier molecular flexibility index (Phi) is 4.17. The van der Waals surface area contributed by atoms with E-state index in [9.17, 15) is 0 Å². The lowest BCUT2D eigenvalue weighted by atomic mass is 9.96. The van der Waals surface area contributed by atoms with Crippen molar-refractivity contribution in [3.63, 3.8) is 0 Å². The van der Waals surface area contributed by atoms with Gasteiger partial charge >= 0.3 is 0 Å². The predicted octanol–water partition coefficient (Wildman–Crippen LogP) is 3.83. The first-order valence-corrected chi connectivity index (χ1v) is 7.91. The molecular weight excluding hydrogens is 330 g/mol. The number of halogens is 1. The minimum absolute atomic E-state index is 0.204. The highest BCUT2D eigenvalue weighted by Crippen LogP contribution is 2.37. The molecule has 0 saturated heterocycles. The van der Waals surface area contributed by atoms with E-state index < -0.39 is 0 Å². The van der Waals surface area contributed by atoms with E-state index in [1.807, 2.05) is 37.3 Å². The van der Waals surface area contributed by atoms with E-state index >= 15 is 0 Å². The molecule has 2 aromatic carbocycles. The topological polar surface area (TPSA) is 44.5 Å². The summed E-state index contributed by atoms with van der Waals surface area (Å²) in [4.78, 5) is 0.